The van der Waals surface area contributed by atoms with E-state index in [1.165, 1.54) is 0 Å². The first-order chi connectivity index (χ1) is 16.3. The molecule has 33 heavy (non-hydrogen) atoms. The lowest BCUT2D eigenvalue weighted by molar-refractivity contribution is -0.143. The maximum absolute atomic E-state index is 13.3. The van der Waals surface area contributed by atoms with Gasteiger partial charge in [0.2, 0.25) is 0 Å². The van der Waals surface area contributed by atoms with Gasteiger partial charge in [0.15, 0.2) is 0 Å². The molecule has 1 fully saturated rings. The lowest BCUT2D eigenvalue weighted by Crippen LogP contribution is -2.40. The van der Waals surface area contributed by atoms with Gasteiger partial charge in [0.25, 0.3) is 0 Å². The summed E-state index contributed by atoms with van der Waals surface area (Å²) in [6.07, 6.45) is 0. The molecule has 4 aromatic rings. The fourth-order valence-corrected chi connectivity index (χ4v) is 5.10. The molecule has 0 bridgehead atoms. The lowest BCUT2D eigenvalue weighted by atomic mass is 9.76. The Morgan fingerprint density at radius 3 is 1.48 bits per heavy atom. The SMILES string of the molecule is CCOC(=O)[C@H]1[C@@H](c2ccccc2)N1C(c1ccccc1)(c1ccccc1)c1ccccc1. The van der Waals surface area contributed by atoms with Crippen LogP contribution in [0.3, 0.4) is 0 Å². The molecule has 3 nitrogen and oxygen atoms in total. The number of rotatable bonds is 7. The molecule has 5 rings (SSSR count). The third-order valence-corrected chi connectivity index (χ3v) is 6.44. The molecule has 164 valence electrons. The summed E-state index contributed by atoms with van der Waals surface area (Å²) in [6, 6.07) is 41.2. The van der Waals surface area contributed by atoms with Crippen molar-refractivity contribution in [3.63, 3.8) is 0 Å². The van der Waals surface area contributed by atoms with Crippen molar-refractivity contribution >= 4 is 5.97 Å². The summed E-state index contributed by atoms with van der Waals surface area (Å²) in [7, 11) is 0. The van der Waals surface area contributed by atoms with Gasteiger partial charge in [-0.05, 0) is 29.2 Å². The Labute approximate surface area is 195 Å². The summed E-state index contributed by atoms with van der Waals surface area (Å²) >= 11 is 0. The number of hydrogen-bond acceptors (Lipinski definition) is 3. The van der Waals surface area contributed by atoms with Crippen LogP contribution in [0.2, 0.25) is 0 Å². The van der Waals surface area contributed by atoms with Crippen LogP contribution in [-0.2, 0) is 15.1 Å². The minimum Gasteiger partial charge on any atom is -0.465 e. The van der Waals surface area contributed by atoms with Crippen molar-refractivity contribution in [3.8, 4) is 0 Å². The quantitative estimate of drug-likeness (QED) is 0.204. The topological polar surface area (TPSA) is 29.3 Å². The number of nitrogens with zero attached hydrogens (tertiary/aromatic N) is 1. The van der Waals surface area contributed by atoms with Gasteiger partial charge in [0.05, 0.1) is 18.2 Å². The standard InChI is InChI=1S/C30H27NO2/c1-2-33-29(32)28-27(23-15-7-3-8-16-23)31(28)30(24-17-9-4-10-18-24,25-19-11-5-12-20-25)26-21-13-6-14-22-26/h3-22,27-28H,2H2,1H3/t27-,28-,31?/m1/s1. The number of benzene rings is 4. The Balaban J connectivity index is 1.79. The molecule has 0 spiro atoms. The van der Waals surface area contributed by atoms with E-state index in [2.05, 4.69) is 89.8 Å². The first kappa shape index (κ1) is 21.2. The fourth-order valence-electron chi connectivity index (χ4n) is 5.10. The lowest BCUT2D eigenvalue weighted by Gasteiger charge is -2.38. The molecule has 1 heterocycles. The van der Waals surface area contributed by atoms with Gasteiger partial charge in [-0.25, -0.2) is 0 Å². The molecule has 3 atom stereocenters. The summed E-state index contributed by atoms with van der Waals surface area (Å²) in [5.41, 5.74) is 3.82. The molecule has 0 aromatic heterocycles. The first-order valence-corrected chi connectivity index (χ1v) is 11.4. The van der Waals surface area contributed by atoms with Crippen LogP contribution in [0.1, 0.15) is 35.2 Å². The molecule has 1 aliphatic rings. The number of esters is 1. The molecule has 3 heteroatoms. The molecule has 0 amide bonds. The van der Waals surface area contributed by atoms with Crippen molar-refractivity contribution in [2.75, 3.05) is 6.61 Å². The van der Waals surface area contributed by atoms with Gasteiger partial charge in [-0.2, -0.15) is 0 Å². The van der Waals surface area contributed by atoms with Crippen molar-refractivity contribution < 1.29 is 9.53 Å². The first-order valence-electron chi connectivity index (χ1n) is 11.4. The van der Waals surface area contributed by atoms with Crippen LogP contribution in [0.4, 0.5) is 0 Å². The van der Waals surface area contributed by atoms with Crippen molar-refractivity contribution in [2.45, 2.75) is 24.5 Å². The minimum absolute atomic E-state index is 0.0918. The molecule has 0 aliphatic carbocycles. The number of carbonyl (C=O) groups excluding carboxylic acids is 1. The highest BCUT2D eigenvalue weighted by Crippen LogP contribution is 2.58. The second kappa shape index (κ2) is 9.05. The predicted molar refractivity (Wildman–Crippen MR) is 131 cm³/mol. The second-order valence-corrected chi connectivity index (χ2v) is 8.27. The normalized spacial score (nSPS) is 19.6. The van der Waals surface area contributed by atoms with Crippen LogP contribution < -0.4 is 0 Å². The average molecular weight is 434 g/mol. The van der Waals surface area contributed by atoms with E-state index in [1.807, 2.05) is 43.3 Å². The average Bonchev–Trinajstić information content (AvgIpc) is 3.63. The largest absolute Gasteiger partial charge is 0.465 e. The number of hydrogen-bond donors (Lipinski definition) is 0. The van der Waals surface area contributed by atoms with E-state index >= 15 is 0 Å². The van der Waals surface area contributed by atoms with E-state index in [4.69, 9.17) is 4.74 Å². The van der Waals surface area contributed by atoms with E-state index < -0.39 is 5.54 Å². The van der Waals surface area contributed by atoms with Crippen LogP contribution in [0.25, 0.3) is 0 Å². The van der Waals surface area contributed by atoms with Gasteiger partial charge in [-0.3, -0.25) is 9.69 Å². The molecular weight excluding hydrogens is 406 g/mol. The molecule has 0 radical (unpaired) electrons. The predicted octanol–water partition coefficient (Wildman–Crippen LogP) is 5.97. The zero-order valence-corrected chi connectivity index (χ0v) is 18.7. The van der Waals surface area contributed by atoms with Crippen molar-refractivity contribution in [1.82, 2.24) is 4.90 Å². The smallest absolute Gasteiger partial charge is 0.325 e. The summed E-state index contributed by atoms with van der Waals surface area (Å²) in [5, 5.41) is 0. The van der Waals surface area contributed by atoms with Crippen LogP contribution in [0.15, 0.2) is 121 Å². The molecule has 4 aromatic carbocycles. The highest BCUT2D eigenvalue weighted by atomic mass is 16.5. The van der Waals surface area contributed by atoms with Gasteiger partial charge in [-0.1, -0.05) is 121 Å². The molecule has 1 saturated heterocycles. The van der Waals surface area contributed by atoms with Crippen molar-refractivity contribution in [1.29, 1.82) is 0 Å². The van der Waals surface area contributed by atoms with E-state index in [1.54, 1.807) is 0 Å². The maximum Gasteiger partial charge on any atom is 0.325 e. The monoisotopic (exact) mass is 433 g/mol. The van der Waals surface area contributed by atoms with Crippen molar-refractivity contribution in [3.05, 3.63) is 144 Å². The third-order valence-electron chi connectivity index (χ3n) is 6.44. The Hall–Kier alpha value is -3.69. The van der Waals surface area contributed by atoms with E-state index in [9.17, 15) is 4.79 Å². The van der Waals surface area contributed by atoms with Crippen LogP contribution in [0, 0.1) is 0 Å². The van der Waals surface area contributed by atoms with E-state index in [0.717, 1.165) is 22.3 Å². The minimum atomic E-state index is -0.651. The summed E-state index contributed by atoms with van der Waals surface area (Å²) in [6.45, 7) is 2.22. The van der Waals surface area contributed by atoms with Gasteiger partial charge in [0.1, 0.15) is 6.04 Å². The van der Waals surface area contributed by atoms with Gasteiger partial charge >= 0.3 is 5.97 Å². The second-order valence-electron chi connectivity index (χ2n) is 8.27. The Bertz CT molecular complexity index is 1100. The number of ether oxygens (including phenoxy) is 1. The highest BCUT2D eigenvalue weighted by molar-refractivity contribution is 5.82. The fraction of sp³-hybridized carbons (Fsp3) is 0.167. The third kappa shape index (κ3) is 3.65. The summed E-state index contributed by atoms with van der Waals surface area (Å²) < 4.78 is 5.57. The Morgan fingerprint density at radius 1 is 0.697 bits per heavy atom. The number of carbonyl (C=O) groups is 1. The zero-order chi connectivity index (χ0) is 22.7. The molecule has 1 aliphatic heterocycles. The molecule has 0 saturated carbocycles. The van der Waals surface area contributed by atoms with Crippen LogP contribution in [0.5, 0.6) is 0 Å². The molecule has 0 N–H and O–H groups in total. The summed E-state index contributed by atoms with van der Waals surface area (Å²) in [4.78, 5) is 15.6. The highest BCUT2D eigenvalue weighted by Gasteiger charge is 2.64. The van der Waals surface area contributed by atoms with Crippen LogP contribution in [-0.4, -0.2) is 23.5 Å². The Kier molecular flexibility index (Phi) is 5.80. The van der Waals surface area contributed by atoms with Crippen LogP contribution >= 0.6 is 0 Å². The molecule has 1 unspecified atom stereocenters. The Morgan fingerprint density at radius 2 is 1.09 bits per heavy atom. The molecular formula is C30H27NO2. The van der Waals surface area contributed by atoms with E-state index in [-0.39, 0.29) is 18.1 Å². The maximum atomic E-state index is 13.3. The summed E-state index contributed by atoms with van der Waals surface area (Å²) in [5.74, 6) is -0.182. The zero-order valence-electron chi connectivity index (χ0n) is 18.7. The van der Waals surface area contributed by atoms with Gasteiger partial charge < -0.3 is 4.74 Å². The van der Waals surface area contributed by atoms with Crippen molar-refractivity contribution in [2.24, 2.45) is 0 Å². The van der Waals surface area contributed by atoms with Gasteiger partial charge in [0, 0.05) is 0 Å². The van der Waals surface area contributed by atoms with E-state index in [0.29, 0.717) is 6.61 Å². The van der Waals surface area contributed by atoms with Gasteiger partial charge in [-0.15, -0.1) is 0 Å².